The Balaban J connectivity index is 2.74. The third-order valence-electron chi connectivity index (χ3n) is 4.21. The molecule has 1 aromatic carbocycles. The van der Waals surface area contributed by atoms with Gasteiger partial charge in [-0.15, -0.1) is 0 Å². The van der Waals surface area contributed by atoms with Crippen LogP contribution in [0.25, 0.3) is 0 Å². The second-order valence-electron chi connectivity index (χ2n) is 5.68. The van der Waals surface area contributed by atoms with Crippen molar-refractivity contribution < 1.29 is 22.7 Å². The largest absolute Gasteiger partial charge is 0.466 e. The number of hydrogen-bond acceptors (Lipinski definition) is 4. The maximum absolute atomic E-state index is 13.4. The summed E-state index contributed by atoms with van der Waals surface area (Å²) in [5.74, 6) is -2.60. The van der Waals surface area contributed by atoms with Crippen molar-refractivity contribution in [3.05, 3.63) is 46.7 Å². The van der Waals surface area contributed by atoms with Gasteiger partial charge in [0.25, 0.3) is 0 Å². The summed E-state index contributed by atoms with van der Waals surface area (Å²) in [5, 5.41) is 12.5. The van der Waals surface area contributed by atoms with Crippen molar-refractivity contribution in [1.82, 2.24) is 5.32 Å². The van der Waals surface area contributed by atoms with E-state index in [9.17, 15) is 23.2 Å². The molecule has 0 saturated heterocycles. The van der Waals surface area contributed by atoms with Crippen LogP contribution in [0.4, 0.5) is 13.2 Å². The fourth-order valence-corrected chi connectivity index (χ4v) is 3.16. The number of methoxy groups -OCH3 is 1. The number of halogens is 3. The van der Waals surface area contributed by atoms with Gasteiger partial charge in [0.05, 0.1) is 30.2 Å². The number of carbonyl (C=O) groups is 1. The minimum atomic E-state index is -4.58. The van der Waals surface area contributed by atoms with E-state index in [0.29, 0.717) is 5.70 Å². The van der Waals surface area contributed by atoms with Crippen molar-refractivity contribution in [3.8, 4) is 6.07 Å². The first-order valence-electron chi connectivity index (χ1n) is 7.33. The van der Waals surface area contributed by atoms with Gasteiger partial charge in [0.1, 0.15) is 0 Å². The van der Waals surface area contributed by atoms with Crippen LogP contribution in [0.5, 0.6) is 0 Å². The molecule has 2 rings (SSSR count). The summed E-state index contributed by atoms with van der Waals surface area (Å²) < 4.78 is 45.0. The molecule has 0 aromatic heterocycles. The lowest BCUT2D eigenvalue weighted by Crippen LogP contribution is -2.43. The highest BCUT2D eigenvalue weighted by Crippen LogP contribution is 2.44. The van der Waals surface area contributed by atoms with Crippen LogP contribution in [0.15, 0.2) is 35.5 Å². The quantitative estimate of drug-likeness (QED) is 0.840. The number of allylic oxidation sites excluding steroid dienone is 1. The van der Waals surface area contributed by atoms with Crippen LogP contribution in [0.1, 0.15) is 30.9 Å². The number of nitriles is 1. The summed E-state index contributed by atoms with van der Waals surface area (Å²) in [6.45, 7) is 3.30. The Labute approximate surface area is 137 Å². The number of carbonyl (C=O) groups excluding carboxylic acids is 1. The van der Waals surface area contributed by atoms with Crippen LogP contribution in [0.3, 0.4) is 0 Å². The van der Waals surface area contributed by atoms with Crippen molar-refractivity contribution in [1.29, 1.82) is 5.26 Å². The van der Waals surface area contributed by atoms with Gasteiger partial charge in [-0.2, -0.15) is 18.4 Å². The Hall–Kier alpha value is -2.49. The Morgan fingerprint density at radius 3 is 2.50 bits per heavy atom. The maximum Gasteiger partial charge on any atom is 0.416 e. The normalized spacial score (nSPS) is 24.1. The van der Waals surface area contributed by atoms with Gasteiger partial charge in [-0.1, -0.05) is 18.2 Å². The lowest BCUT2D eigenvalue weighted by molar-refractivity contribution is -0.140. The highest BCUT2D eigenvalue weighted by atomic mass is 19.4. The van der Waals surface area contributed by atoms with E-state index >= 15 is 0 Å². The Morgan fingerprint density at radius 1 is 1.33 bits per heavy atom. The number of esters is 1. The standard InChI is InChI=1S/C17H17F3N2O2/c1-9-12(8-21)15(14(10(2)22-9)16(23)24-3)11-6-4-5-7-13(11)17(18,19)20/h4-7,9,12,15,22H,1-3H3. The molecule has 128 valence electrons. The fourth-order valence-electron chi connectivity index (χ4n) is 3.16. The van der Waals surface area contributed by atoms with E-state index in [1.165, 1.54) is 18.2 Å². The molecule has 1 heterocycles. The zero-order valence-electron chi connectivity index (χ0n) is 13.4. The van der Waals surface area contributed by atoms with Gasteiger partial charge in [0, 0.05) is 17.7 Å². The number of rotatable bonds is 2. The predicted molar refractivity (Wildman–Crippen MR) is 80.6 cm³/mol. The molecular weight excluding hydrogens is 321 g/mol. The molecule has 0 amide bonds. The van der Waals surface area contributed by atoms with Gasteiger partial charge in [0.15, 0.2) is 0 Å². The Kier molecular flexibility index (Phi) is 4.88. The molecule has 7 heteroatoms. The number of alkyl halides is 3. The number of ether oxygens (including phenoxy) is 1. The Bertz CT molecular complexity index is 719. The van der Waals surface area contributed by atoms with Crippen molar-refractivity contribution >= 4 is 5.97 Å². The molecule has 1 aliphatic rings. The van der Waals surface area contributed by atoms with Crippen LogP contribution in [0, 0.1) is 17.2 Å². The number of nitrogens with one attached hydrogen (secondary N) is 1. The molecule has 4 nitrogen and oxygen atoms in total. The van der Waals surface area contributed by atoms with Gasteiger partial charge in [-0.3, -0.25) is 0 Å². The first kappa shape index (κ1) is 17.9. The van der Waals surface area contributed by atoms with Crippen molar-refractivity contribution in [2.75, 3.05) is 7.11 Å². The van der Waals surface area contributed by atoms with E-state index in [1.807, 2.05) is 6.07 Å². The molecule has 24 heavy (non-hydrogen) atoms. The van der Waals surface area contributed by atoms with Gasteiger partial charge < -0.3 is 10.1 Å². The number of nitrogens with zero attached hydrogens (tertiary/aromatic N) is 1. The average Bonchev–Trinajstić information content (AvgIpc) is 2.52. The van der Waals surface area contributed by atoms with Crippen LogP contribution >= 0.6 is 0 Å². The van der Waals surface area contributed by atoms with Crippen molar-refractivity contribution in [2.45, 2.75) is 32.0 Å². The first-order chi connectivity index (χ1) is 11.2. The van der Waals surface area contributed by atoms with Crippen LogP contribution in [-0.2, 0) is 15.7 Å². The fraction of sp³-hybridized carbons (Fsp3) is 0.412. The third-order valence-corrected chi connectivity index (χ3v) is 4.21. The monoisotopic (exact) mass is 338 g/mol. The summed E-state index contributed by atoms with van der Waals surface area (Å²) in [6.07, 6.45) is -4.58. The molecule has 0 radical (unpaired) electrons. The molecule has 0 saturated carbocycles. The maximum atomic E-state index is 13.4. The molecule has 1 N–H and O–H groups in total. The second-order valence-corrected chi connectivity index (χ2v) is 5.68. The van der Waals surface area contributed by atoms with Gasteiger partial charge >= 0.3 is 12.1 Å². The molecule has 0 spiro atoms. The zero-order chi connectivity index (χ0) is 18.1. The molecule has 3 unspecified atom stereocenters. The second kappa shape index (κ2) is 6.56. The molecule has 1 aromatic rings. The Morgan fingerprint density at radius 2 is 1.96 bits per heavy atom. The lowest BCUT2D eigenvalue weighted by atomic mass is 9.73. The van der Waals surface area contributed by atoms with E-state index in [0.717, 1.165) is 13.2 Å². The lowest BCUT2D eigenvalue weighted by Gasteiger charge is -2.36. The van der Waals surface area contributed by atoms with Crippen LogP contribution in [0.2, 0.25) is 0 Å². The number of hydrogen-bond donors (Lipinski definition) is 1. The molecule has 1 aliphatic heterocycles. The summed E-state index contributed by atoms with van der Waals surface area (Å²) in [6, 6.07) is 6.65. The van der Waals surface area contributed by atoms with E-state index in [-0.39, 0.29) is 11.1 Å². The van der Waals surface area contributed by atoms with E-state index < -0.39 is 35.6 Å². The summed E-state index contributed by atoms with van der Waals surface area (Å²) >= 11 is 0. The van der Waals surface area contributed by atoms with E-state index in [2.05, 4.69) is 5.32 Å². The molecule has 0 fully saturated rings. The van der Waals surface area contributed by atoms with Crippen molar-refractivity contribution in [2.24, 2.45) is 5.92 Å². The average molecular weight is 338 g/mol. The highest BCUT2D eigenvalue weighted by molar-refractivity contribution is 5.91. The topological polar surface area (TPSA) is 62.1 Å². The van der Waals surface area contributed by atoms with Gasteiger partial charge in [-0.05, 0) is 25.5 Å². The minimum Gasteiger partial charge on any atom is -0.466 e. The minimum absolute atomic E-state index is 0.0545. The van der Waals surface area contributed by atoms with Gasteiger partial charge in [0.2, 0.25) is 0 Å². The smallest absolute Gasteiger partial charge is 0.416 e. The highest BCUT2D eigenvalue weighted by Gasteiger charge is 2.44. The van der Waals surface area contributed by atoms with Crippen molar-refractivity contribution in [3.63, 3.8) is 0 Å². The van der Waals surface area contributed by atoms with E-state index in [1.54, 1.807) is 13.8 Å². The van der Waals surface area contributed by atoms with Crippen LogP contribution in [-0.4, -0.2) is 19.1 Å². The molecule has 0 aliphatic carbocycles. The first-order valence-corrected chi connectivity index (χ1v) is 7.33. The van der Waals surface area contributed by atoms with E-state index in [4.69, 9.17) is 4.74 Å². The summed E-state index contributed by atoms with van der Waals surface area (Å²) in [7, 11) is 1.16. The summed E-state index contributed by atoms with van der Waals surface area (Å²) in [4.78, 5) is 12.2. The zero-order valence-corrected chi connectivity index (χ0v) is 13.4. The molecule has 3 atom stereocenters. The number of benzene rings is 1. The molecule has 0 bridgehead atoms. The summed E-state index contributed by atoms with van der Waals surface area (Å²) in [5.41, 5.74) is -0.468. The SMILES string of the molecule is COC(=O)C1=C(C)NC(C)C(C#N)C1c1ccccc1C(F)(F)F. The van der Waals surface area contributed by atoms with Crippen LogP contribution < -0.4 is 5.32 Å². The predicted octanol–water partition coefficient (Wildman–Crippen LogP) is 3.37. The molecular formula is C17H17F3N2O2. The van der Waals surface area contributed by atoms with Gasteiger partial charge in [-0.25, -0.2) is 4.79 Å². The third kappa shape index (κ3) is 3.09.